The number of carbonyl (C=O) groups is 1. The van der Waals surface area contributed by atoms with Crippen molar-refractivity contribution < 1.29 is 9.53 Å². The summed E-state index contributed by atoms with van der Waals surface area (Å²) in [6.07, 6.45) is 10.3. The standard InChI is InChI=1S/C23H37N3O2/c1-15(2)17-6-8-18(9-7-17)28-14-22-19(21-10-11-24-25-21)5-4-12-26(22)23(27)20-13-16(20)3/h10-11,15-20,22H,4-9,12-14H2,1-3H3,(H,24,25). The van der Waals surface area contributed by atoms with Crippen molar-refractivity contribution in [3.63, 3.8) is 0 Å². The van der Waals surface area contributed by atoms with Crippen LogP contribution in [-0.2, 0) is 9.53 Å². The van der Waals surface area contributed by atoms with Crippen LogP contribution in [0.15, 0.2) is 12.3 Å². The molecule has 1 N–H and O–H groups in total. The van der Waals surface area contributed by atoms with Gasteiger partial charge in [0.1, 0.15) is 0 Å². The molecule has 4 rings (SSSR count). The second-order valence-electron chi connectivity index (χ2n) is 9.78. The van der Waals surface area contributed by atoms with Crippen molar-refractivity contribution in [3.05, 3.63) is 18.0 Å². The molecule has 2 aliphatic carbocycles. The Bertz CT molecular complexity index is 636. The van der Waals surface area contributed by atoms with Gasteiger partial charge in [0.05, 0.1) is 24.4 Å². The fourth-order valence-corrected chi connectivity index (χ4v) is 5.40. The van der Waals surface area contributed by atoms with Crippen LogP contribution in [0.4, 0.5) is 0 Å². The van der Waals surface area contributed by atoms with Crippen LogP contribution in [0.5, 0.6) is 0 Å². The molecular formula is C23H37N3O2. The zero-order valence-electron chi connectivity index (χ0n) is 17.8. The Morgan fingerprint density at radius 3 is 2.64 bits per heavy atom. The van der Waals surface area contributed by atoms with Crippen molar-refractivity contribution in [1.82, 2.24) is 15.1 Å². The molecule has 2 heterocycles. The van der Waals surface area contributed by atoms with Gasteiger partial charge >= 0.3 is 0 Å². The number of carbonyl (C=O) groups excluding carboxylic acids is 1. The molecule has 0 bridgehead atoms. The van der Waals surface area contributed by atoms with E-state index in [1.165, 1.54) is 12.8 Å². The fourth-order valence-electron chi connectivity index (χ4n) is 5.40. The van der Waals surface area contributed by atoms with E-state index in [0.29, 0.717) is 24.5 Å². The van der Waals surface area contributed by atoms with E-state index in [9.17, 15) is 4.79 Å². The summed E-state index contributed by atoms with van der Waals surface area (Å²) in [4.78, 5) is 15.3. The minimum Gasteiger partial charge on any atom is -0.376 e. The molecule has 0 aromatic carbocycles. The van der Waals surface area contributed by atoms with Crippen molar-refractivity contribution in [2.45, 2.75) is 83.8 Å². The molecule has 28 heavy (non-hydrogen) atoms. The molecule has 5 heteroatoms. The molecule has 1 saturated heterocycles. The summed E-state index contributed by atoms with van der Waals surface area (Å²) in [5.41, 5.74) is 1.08. The van der Waals surface area contributed by atoms with E-state index in [0.717, 1.165) is 56.2 Å². The smallest absolute Gasteiger partial charge is 0.226 e. The monoisotopic (exact) mass is 387 g/mol. The Balaban J connectivity index is 1.42. The van der Waals surface area contributed by atoms with Crippen molar-refractivity contribution in [2.24, 2.45) is 23.7 Å². The lowest BCUT2D eigenvalue weighted by atomic mass is 9.80. The first kappa shape index (κ1) is 19.9. The predicted molar refractivity (Wildman–Crippen MR) is 110 cm³/mol. The molecule has 156 valence electrons. The lowest BCUT2D eigenvalue weighted by molar-refractivity contribution is -0.140. The van der Waals surface area contributed by atoms with E-state index in [1.54, 1.807) is 0 Å². The molecule has 5 nitrogen and oxygen atoms in total. The van der Waals surface area contributed by atoms with Crippen LogP contribution in [0, 0.1) is 23.7 Å². The second kappa shape index (κ2) is 8.56. The third-order valence-electron chi connectivity index (χ3n) is 7.56. The van der Waals surface area contributed by atoms with Gasteiger partial charge in [-0.1, -0.05) is 20.8 Å². The maximum Gasteiger partial charge on any atom is 0.226 e. The number of aromatic amines is 1. The van der Waals surface area contributed by atoms with Gasteiger partial charge in [-0.05, 0) is 68.8 Å². The molecule has 0 radical (unpaired) electrons. The minimum atomic E-state index is 0.125. The summed E-state index contributed by atoms with van der Waals surface area (Å²) in [5.74, 6) is 3.04. The Hall–Kier alpha value is -1.36. The fraction of sp³-hybridized carbons (Fsp3) is 0.826. The minimum absolute atomic E-state index is 0.125. The Kier molecular flexibility index (Phi) is 6.10. The van der Waals surface area contributed by atoms with Gasteiger partial charge in [0.25, 0.3) is 0 Å². The molecule has 0 spiro atoms. The lowest BCUT2D eigenvalue weighted by Gasteiger charge is -2.42. The highest BCUT2D eigenvalue weighted by molar-refractivity contribution is 5.82. The largest absolute Gasteiger partial charge is 0.376 e. The van der Waals surface area contributed by atoms with Gasteiger partial charge in [-0.3, -0.25) is 9.89 Å². The van der Waals surface area contributed by atoms with Crippen molar-refractivity contribution in [1.29, 1.82) is 0 Å². The van der Waals surface area contributed by atoms with E-state index >= 15 is 0 Å². The van der Waals surface area contributed by atoms with E-state index in [1.807, 2.05) is 6.20 Å². The number of rotatable bonds is 6. The van der Waals surface area contributed by atoms with Gasteiger partial charge in [-0.2, -0.15) is 5.10 Å². The molecule has 1 aromatic rings. The Labute approximate surface area is 169 Å². The summed E-state index contributed by atoms with van der Waals surface area (Å²) < 4.78 is 6.45. The van der Waals surface area contributed by atoms with Gasteiger partial charge in [0, 0.05) is 24.6 Å². The molecular weight excluding hydrogens is 350 g/mol. The molecule has 1 aromatic heterocycles. The molecule has 1 aliphatic heterocycles. The third-order valence-corrected chi connectivity index (χ3v) is 7.56. The van der Waals surface area contributed by atoms with Crippen LogP contribution < -0.4 is 0 Å². The number of hydrogen-bond acceptors (Lipinski definition) is 3. The normalized spacial score (nSPS) is 35.9. The SMILES string of the molecule is CC(C)C1CCC(OCC2C(c3cc[nH]n3)CCCN2C(=O)C2CC2C)CC1. The molecule has 1 amide bonds. The predicted octanol–water partition coefficient (Wildman–Crippen LogP) is 4.37. The third kappa shape index (κ3) is 4.29. The van der Waals surface area contributed by atoms with Gasteiger partial charge in [0.15, 0.2) is 0 Å². The molecule has 3 aliphatic rings. The first-order valence-corrected chi connectivity index (χ1v) is 11.5. The number of H-pyrrole nitrogens is 1. The average molecular weight is 388 g/mol. The van der Waals surface area contributed by atoms with Crippen molar-refractivity contribution in [3.8, 4) is 0 Å². The van der Waals surface area contributed by atoms with Crippen molar-refractivity contribution in [2.75, 3.05) is 13.2 Å². The number of nitrogens with zero attached hydrogens (tertiary/aromatic N) is 2. The lowest BCUT2D eigenvalue weighted by Crippen LogP contribution is -2.51. The topological polar surface area (TPSA) is 58.2 Å². The Morgan fingerprint density at radius 1 is 1.29 bits per heavy atom. The van der Waals surface area contributed by atoms with E-state index < -0.39 is 0 Å². The summed E-state index contributed by atoms with van der Waals surface area (Å²) in [5, 5.41) is 7.43. The Morgan fingerprint density at radius 2 is 2.04 bits per heavy atom. The van der Waals surface area contributed by atoms with Crippen LogP contribution in [0.25, 0.3) is 0 Å². The summed E-state index contributed by atoms with van der Waals surface area (Å²) in [6.45, 7) is 8.39. The maximum absolute atomic E-state index is 13.1. The first-order valence-electron chi connectivity index (χ1n) is 11.5. The van der Waals surface area contributed by atoms with E-state index in [4.69, 9.17) is 4.74 Å². The molecule has 2 saturated carbocycles. The first-order chi connectivity index (χ1) is 13.5. The van der Waals surface area contributed by atoms with Crippen LogP contribution >= 0.6 is 0 Å². The van der Waals surface area contributed by atoms with Gasteiger partial charge < -0.3 is 9.64 Å². The molecule has 4 atom stereocenters. The maximum atomic E-state index is 13.1. The number of ether oxygens (including phenoxy) is 1. The van der Waals surface area contributed by atoms with E-state index in [-0.39, 0.29) is 17.9 Å². The number of nitrogens with one attached hydrogen (secondary N) is 1. The quantitative estimate of drug-likeness (QED) is 0.788. The highest BCUT2D eigenvalue weighted by atomic mass is 16.5. The van der Waals surface area contributed by atoms with Gasteiger partial charge in [-0.15, -0.1) is 0 Å². The van der Waals surface area contributed by atoms with Crippen LogP contribution in [0.2, 0.25) is 0 Å². The summed E-state index contributed by atoms with van der Waals surface area (Å²) >= 11 is 0. The average Bonchev–Trinajstić information content (AvgIpc) is 3.19. The molecule has 4 unspecified atom stereocenters. The van der Waals surface area contributed by atoms with E-state index in [2.05, 4.69) is 41.9 Å². The highest BCUT2D eigenvalue weighted by Crippen LogP contribution is 2.42. The van der Waals surface area contributed by atoms with Crippen LogP contribution in [0.1, 0.15) is 77.3 Å². The second-order valence-corrected chi connectivity index (χ2v) is 9.78. The number of aromatic nitrogens is 2. The summed E-state index contributed by atoms with van der Waals surface area (Å²) in [6, 6.07) is 2.19. The van der Waals surface area contributed by atoms with Crippen molar-refractivity contribution >= 4 is 5.91 Å². The number of likely N-dealkylation sites (tertiary alicyclic amines) is 1. The van der Waals surface area contributed by atoms with Crippen LogP contribution in [-0.4, -0.2) is 46.3 Å². The summed E-state index contributed by atoms with van der Waals surface area (Å²) in [7, 11) is 0. The highest BCUT2D eigenvalue weighted by Gasteiger charge is 2.46. The van der Waals surface area contributed by atoms with Crippen LogP contribution in [0.3, 0.4) is 0 Å². The number of hydrogen-bond donors (Lipinski definition) is 1. The molecule has 3 fully saturated rings. The van der Waals surface area contributed by atoms with Gasteiger partial charge in [-0.25, -0.2) is 0 Å². The zero-order valence-corrected chi connectivity index (χ0v) is 17.8. The number of piperidine rings is 1. The number of amides is 1. The van der Waals surface area contributed by atoms with Gasteiger partial charge in [0.2, 0.25) is 5.91 Å². The zero-order chi connectivity index (χ0) is 19.7.